The molecule has 1 N–H and O–H groups in total. The van der Waals surface area contributed by atoms with E-state index >= 15 is 0 Å². The van der Waals surface area contributed by atoms with Crippen molar-refractivity contribution in [1.82, 2.24) is 25.0 Å². The van der Waals surface area contributed by atoms with E-state index in [1.807, 2.05) is 18.5 Å². The summed E-state index contributed by atoms with van der Waals surface area (Å²) in [6.07, 6.45) is 7.62. The molecular formula is C23H35IN6. The number of aliphatic imine (C=N–C) groups is 1. The number of guanidine groups is 1. The molecule has 1 aliphatic carbocycles. The average Bonchev–Trinajstić information content (AvgIpc) is 3.31. The molecule has 0 bridgehead atoms. The Morgan fingerprint density at radius 3 is 2.57 bits per heavy atom. The van der Waals surface area contributed by atoms with Crippen LogP contribution in [0.3, 0.4) is 0 Å². The van der Waals surface area contributed by atoms with Crippen molar-refractivity contribution >= 4 is 29.9 Å². The molecule has 6 nitrogen and oxygen atoms in total. The van der Waals surface area contributed by atoms with Crippen molar-refractivity contribution < 1.29 is 0 Å². The van der Waals surface area contributed by atoms with Crippen LogP contribution in [-0.4, -0.2) is 44.8 Å². The van der Waals surface area contributed by atoms with Crippen LogP contribution in [0.4, 0.5) is 0 Å². The highest BCUT2D eigenvalue weighted by atomic mass is 127. The van der Waals surface area contributed by atoms with Crippen LogP contribution in [0.5, 0.6) is 0 Å². The standard InChI is InChI=1S/C23H34N6.HI/c1-18-26-27-21(28(18)3)16-24-22(25-20-12-8-5-9-13-20)29-15-14-23(2,17-29)19-10-6-4-7-11-19;/h4,6-7,10-11,20H,5,8-9,12-17H2,1-3H3,(H,24,25);1H. The lowest BCUT2D eigenvalue weighted by Gasteiger charge is -2.31. The minimum absolute atomic E-state index is 0. The molecule has 1 unspecified atom stereocenters. The largest absolute Gasteiger partial charge is 0.353 e. The molecule has 2 fully saturated rings. The predicted octanol–water partition coefficient (Wildman–Crippen LogP) is 4.18. The van der Waals surface area contributed by atoms with Crippen LogP contribution < -0.4 is 5.32 Å². The van der Waals surface area contributed by atoms with Gasteiger partial charge in [-0.1, -0.05) is 56.5 Å². The van der Waals surface area contributed by atoms with Crippen LogP contribution in [0.25, 0.3) is 0 Å². The number of hydrogen-bond donors (Lipinski definition) is 1. The van der Waals surface area contributed by atoms with Crippen LogP contribution in [-0.2, 0) is 19.0 Å². The molecule has 1 aliphatic heterocycles. The zero-order chi connectivity index (χ0) is 20.3. The van der Waals surface area contributed by atoms with Gasteiger partial charge in [0.2, 0.25) is 0 Å². The van der Waals surface area contributed by atoms with E-state index in [4.69, 9.17) is 4.99 Å². The van der Waals surface area contributed by atoms with Crippen LogP contribution in [0, 0.1) is 6.92 Å². The van der Waals surface area contributed by atoms with E-state index in [1.54, 1.807) is 0 Å². The third-order valence-corrected chi connectivity index (χ3v) is 6.73. The topological polar surface area (TPSA) is 58.3 Å². The van der Waals surface area contributed by atoms with Gasteiger partial charge in [-0.25, -0.2) is 4.99 Å². The van der Waals surface area contributed by atoms with Crippen molar-refractivity contribution in [2.24, 2.45) is 12.0 Å². The molecule has 2 aromatic rings. The first-order valence-corrected chi connectivity index (χ1v) is 11.0. The number of halogens is 1. The number of nitrogens with one attached hydrogen (secondary N) is 1. The van der Waals surface area contributed by atoms with E-state index in [1.165, 1.54) is 37.7 Å². The number of rotatable bonds is 4. The molecule has 30 heavy (non-hydrogen) atoms. The van der Waals surface area contributed by atoms with Crippen LogP contribution >= 0.6 is 24.0 Å². The Morgan fingerprint density at radius 1 is 1.17 bits per heavy atom. The first kappa shape index (κ1) is 23.0. The molecule has 4 rings (SSSR count). The van der Waals surface area contributed by atoms with Crippen molar-refractivity contribution in [3.05, 3.63) is 47.5 Å². The van der Waals surface area contributed by atoms with Crippen molar-refractivity contribution in [1.29, 1.82) is 0 Å². The summed E-state index contributed by atoms with van der Waals surface area (Å²) in [5.41, 5.74) is 1.58. The summed E-state index contributed by atoms with van der Waals surface area (Å²) >= 11 is 0. The maximum Gasteiger partial charge on any atom is 0.194 e. The van der Waals surface area contributed by atoms with Gasteiger partial charge in [-0.3, -0.25) is 0 Å². The summed E-state index contributed by atoms with van der Waals surface area (Å²) in [6, 6.07) is 11.4. The smallest absolute Gasteiger partial charge is 0.194 e. The van der Waals surface area contributed by atoms with Crippen molar-refractivity contribution in [3.8, 4) is 0 Å². The lowest BCUT2D eigenvalue weighted by molar-refractivity contribution is 0.381. The van der Waals surface area contributed by atoms with Crippen LogP contribution in [0.1, 0.15) is 62.7 Å². The van der Waals surface area contributed by atoms with Gasteiger partial charge in [0.1, 0.15) is 12.4 Å². The summed E-state index contributed by atoms with van der Waals surface area (Å²) in [5.74, 6) is 2.88. The SMILES string of the molecule is Cc1nnc(CN=C(NC2CCCCC2)N2CCC(C)(c3ccccc3)C2)n1C.I. The third kappa shape index (κ3) is 5.15. The lowest BCUT2D eigenvalue weighted by Crippen LogP contribution is -2.46. The molecule has 2 aliphatic rings. The van der Waals surface area contributed by atoms with Gasteiger partial charge >= 0.3 is 0 Å². The minimum atomic E-state index is 0. The van der Waals surface area contributed by atoms with Crippen molar-refractivity contribution in [3.63, 3.8) is 0 Å². The van der Waals surface area contributed by atoms with E-state index in [2.05, 4.69) is 57.7 Å². The van der Waals surface area contributed by atoms with Gasteiger partial charge in [0.05, 0.1) is 0 Å². The van der Waals surface area contributed by atoms with Gasteiger partial charge in [0.25, 0.3) is 0 Å². The summed E-state index contributed by atoms with van der Waals surface area (Å²) in [6.45, 7) is 6.94. The Kier molecular flexibility index (Phi) is 7.76. The zero-order valence-electron chi connectivity index (χ0n) is 18.5. The number of benzene rings is 1. The Bertz CT molecular complexity index is 843. The average molecular weight is 522 g/mol. The fourth-order valence-corrected chi connectivity index (χ4v) is 4.62. The van der Waals surface area contributed by atoms with E-state index in [0.717, 1.165) is 37.1 Å². The molecule has 1 aromatic carbocycles. The van der Waals surface area contributed by atoms with Crippen molar-refractivity contribution in [2.45, 2.75) is 70.4 Å². The zero-order valence-corrected chi connectivity index (χ0v) is 20.8. The van der Waals surface area contributed by atoms with E-state index in [0.29, 0.717) is 12.6 Å². The quantitative estimate of drug-likeness (QED) is 0.372. The van der Waals surface area contributed by atoms with Gasteiger partial charge in [0, 0.05) is 31.6 Å². The van der Waals surface area contributed by atoms with Crippen LogP contribution in [0.15, 0.2) is 35.3 Å². The number of nitrogens with zero attached hydrogens (tertiary/aromatic N) is 5. The lowest BCUT2D eigenvalue weighted by atomic mass is 9.82. The molecule has 1 aromatic heterocycles. The predicted molar refractivity (Wildman–Crippen MR) is 132 cm³/mol. The van der Waals surface area contributed by atoms with Crippen LogP contribution in [0.2, 0.25) is 0 Å². The highest BCUT2D eigenvalue weighted by Crippen LogP contribution is 2.34. The summed E-state index contributed by atoms with van der Waals surface area (Å²) in [7, 11) is 2.01. The Morgan fingerprint density at radius 2 is 1.90 bits per heavy atom. The Hall–Kier alpha value is -1.64. The highest BCUT2D eigenvalue weighted by molar-refractivity contribution is 14.0. The fraction of sp³-hybridized carbons (Fsp3) is 0.609. The minimum Gasteiger partial charge on any atom is -0.353 e. The number of aryl methyl sites for hydroxylation is 1. The second-order valence-corrected chi connectivity index (χ2v) is 8.94. The molecule has 7 heteroatoms. The second-order valence-electron chi connectivity index (χ2n) is 8.94. The number of hydrogen-bond acceptors (Lipinski definition) is 3. The first-order chi connectivity index (χ1) is 14.0. The molecule has 1 atom stereocenters. The van der Waals surface area contributed by atoms with Gasteiger partial charge in [0.15, 0.2) is 11.8 Å². The Labute approximate surface area is 197 Å². The molecule has 1 saturated heterocycles. The van der Waals surface area contributed by atoms with E-state index in [-0.39, 0.29) is 29.4 Å². The van der Waals surface area contributed by atoms with Gasteiger partial charge in [-0.15, -0.1) is 34.2 Å². The molecule has 0 radical (unpaired) electrons. The highest BCUT2D eigenvalue weighted by Gasteiger charge is 2.37. The molecule has 0 spiro atoms. The fourth-order valence-electron chi connectivity index (χ4n) is 4.62. The second kappa shape index (κ2) is 10.1. The number of likely N-dealkylation sites (tertiary alicyclic amines) is 1. The molecule has 0 amide bonds. The normalized spacial score (nSPS) is 22.8. The maximum atomic E-state index is 5.01. The monoisotopic (exact) mass is 522 g/mol. The molecule has 2 heterocycles. The summed E-state index contributed by atoms with van der Waals surface area (Å²) < 4.78 is 2.03. The van der Waals surface area contributed by atoms with Gasteiger partial charge < -0.3 is 14.8 Å². The van der Waals surface area contributed by atoms with Gasteiger partial charge in [-0.2, -0.15) is 0 Å². The summed E-state index contributed by atoms with van der Waals surface area (Å²) in [4.78, 5) is 7.46. The number of aromatic nitrogens is 3. The maximum absolute atomic E-state index is 5.01. The molecule has 164 valence electrons. The van der Waals surface area contributed by atoms with Crippen molar-refractivity contribution in [2.75, 3.05) is 13.1 Å². The van der Waals surface area contributed by atoms with Gasteiger partial charge in [-0.05, 0) is 31.7 Å². The Balaban J connectivity index is 0.00000256. The molecule has 1 saturated carbocycles. The first-order valence-electron chi connectivity index (χ1n) is 11.0. The van der Waals surface area contributed by atoms with E-state index in [9.17, 15) is 0 Å². The third-order valence-electron chi connectivity index (χ3n) is 6.73. The summed E-state index contributed by atoms with van der Waals surface area (Å²) in [5, 5.41) is 12.3. The molecular weight excluding hydrogens is 487 g/mol. The van der Waals surface area contributed by atoms with E-state index < -0.39 is 0 Å².